The number of methoxy groups -OCH3 is 1. The summed E-state index contributed by atoms with van der Waals surface area (Å²) in [7, 11) is 1.61. The summed E-state index contributed by atoms with van der Waals surface area (Å²) < 4.78 is 5.27. The third-order valence-corrected chi connectivity index (χ3v) is 7.50. The smallest absolute Gasteiger partial charge is 0.233 e. The lowest BCUT2D eigenvalue weighted by atomic mass is 9.84. The summed E-state index contributed by atoms with van der Waals surface area (Å²) in [6.45, 7) is 3.47. The minimum absolute atomic E-state index is 0.379. The summed E-state index contributed by atoms with van der Waals surface area (Å²) in [4.78, 5) is 16.7. The number of halogens is 1. The number of hydrogen-bond acceptors (Lipinski definition) is 8. The summed E-state index contributed by atoms with van der Waals surface area (Å²) >= 11 is 6.32. The monoisotopic (exact) mass is 471 g/mol. The van der Waals surface area contributed by atoms with Crippen LogP contribution in [0.15, 0.2) is 18.2 Å². The van der Waals surface area contributed by atoms with Gasteiger partial charge in [-0.05, 0) is 62.9 Å². The molecule has 0 spiro atoms. The summed E-state index contributed by atoms with van der Waals surface area (Å²) in [6.07, 6.45) is 9.93. The molecule has 3 saturated heterocycles. The van der Waals surface area contributed by atoms with Gasteiger partial charge in [0.1, 0.15) is 5.75 Å². The van der Waals surface area contributed by atoms with E-state index in [4.69, 9.17) is 31.3 Å². The van der Waals surface area contributed by atoms with Gasteiger partial charge < -0.3 is 25.6 Å². The molecular formula is C24H34ClN7O. The molecule has 4 fully saturated rings. The van der Waals surface area contributed by atoms with E-state index in [1.54, 1.807) is 7.11 Å². The van der Waals surface area contributed by atoms with Gasteiger partial charge in [0, 0.05) is 24.3 Å². The van der Waals surface area contributed by atoms with E-state index in [1.165, 1.54) is 51.6 Å². The maximum atomic E-state index is 6.32. The zero-order valence-electron chi connectivity index (χ0n) is 19.3. The fourth-order valence-electron chi connectivity index (χ4n) is 5.33. The summed E-state index contributed by atoms with van der Waals surface area (Å²) in [5.41, 5.74) is 0.807. The van der Waals surface area contributed by atoms with Gasteiger partial charge >= 0.3 is 0 Å². The van der Waals surface area contributed by atoms with Crippen molar-refractivity contribution in [3.8, 4) is 5.75 Å². The molecule has 9 heteroatoms. The Kier molecular flexibility index (Phi) is 7.02. The molecule has 1 unspecified atom stereocenters. The molecule has 2 aromatic rings. The van der Waals surface area contributed by atoms with Crippen molar-refractivity contribution >= 4 is 35.1 Å². The molecule has 1 aromatic carbocycles. The highest BCUT2D eigenvalue weighted by Crippen LogP contribution is 2.31. The number of anilines is 4. The van der Waals surface area contributed by atoms with Crippen LogP contribution in [0.3, 0.4) is 0 Å². The summed E-state index contributed by atoms with van der Waals surface area (Å²) in [5, 5.41) is 11.1. The first-order valence-electron chi connectivity index (χ1n) is 12.3. The Labute approximate surface area is 200 Å². The van der Waals surface area contributed by atoms with Crippen LogP contribution in [0.2, 0.25) is 5.02 Å². The van der Waals surface area contributed by atoms with Crippen molar-refractivity contribution in [2.75, 3.05) is 42.7 Å². The lowest BCUT2D eigenvalue weighted by Crippen LogP contribution is -2.53. The second-order valence-corrected chi connectivity index (χ2v) is 9.91. The predicted molar refractivity (Wildman–Crippen MR) is 133 cm³/mol. The summed E-state index contributed by atoms with van der Waals surface area (Å²) in [6, 6.07) is 6.35. The zero-order valence-corrected chi connectivity index (χ0v) is 20.1. The van der Waals surface area contributed by atoms with Crippen LogP contribution in [0.4, 0.5) is 23.5 Å². The fraction of sp³-hybridized carbons (Fsp3) is 0.625. The Morgan fingerprint density at radius 1 is 0.909 bits per heavy atom. The second-order valence-electron chi connectivity index (χ2n) is 9.50. The van der Waals surface area contributed by atoms with Crippen LogP contribution >= 0.6 is 11.6 Å². The number of aromatic nitrogens is 3. The van der Waals surface area contributed by atoms with Crippen molar-refractivity contribution in [2.24, 2.45) is 5.92 Å². The topological polar surface area (TPSA) is 87.2 Å². The van der Waals surface area contributed by atoms with Crippen LogP contribution in [-0.4, -0.2) is 58.7 Å². The highest BCUT2D eigenvalue weighted by atomic mass is 35.5. The van der Waals surface area contributed by atoms with Crippen molar-refractivity contribution in [1.82, 2.24) is 19.9 Å². The molecule has 3 aliphatic heterocycles. The van der Waals surface area contributed by atoms with Gasteiger partial charge in [0.05, 0.1) is 12.1 Å². The third-order valence-electron chi connectivity index (χ3n) is 7.20. The highest BCUT2D eigenvalue weighted by molar-refractivity contribution is 6.32. The zero-order chi connectivity index (χ0) is 22.6. The highest BCUT2D eigenvalue weighted by Gasteiger charge is 2.34. The first kappa shape index (κ1) is 22.5. The van der Waals surface area contributed by atoms with E-state index < -0.39 is 0 Å². The minimum Gasteiger partial charge on any atom is -0.495 e. The molecule has 8 nitrogen and oxygen atoms in total. The van der Waals surface area contributed by atoms with Gasteiger partial charge in [0.15, 0.2) is 0 Å². The number of fused-ring (bicyclic) bond motifs is 3. The Balaban J connectivity index is 1.37. The van der Waals surface area contributed by atoms with Crippen LogP contribution in [-0.2, 0) is 0 Å². The average Bonchev–Trinajstić information content (AvgIpc) is 3.08. The van der Waals surface area contributed by atoms with Gasteiger partial charge in [-0.3, -0.25) is 0 Å². The Hall–Kier alpha value is -2.32. The number of benzene rings is 1. The van der Waals surface area contributed by atoms with Crippen molar-refractivity contribution in [1.29, 1.82) is 0 Å². The predicted octanol–water partition coefficient (Wildman–Crippen LogP) is 4.92. The first-order valence-corrected chi connectivity index (χ1v) is 12.7. The van der Waals surface area contributed by atoms with E-state index in [2.05, 4.69) is 20.9 Å². The molecule has 33 heavy (non-hydrogen) atoms. The van der Waals surface area contributed by atoms with Gasteiger partial charge in [0.25, 0.3) is 0 Å². The van der Waals surface area contributed by atoms with Crippen molar-refractivity contribution in [3.05, 3.63) is 23.2 Å². The number of piperidine rings is 3. The Morgan fingerprint density at radius 2 is 1.61 bits per heavy atom. The van der Waals surface area contributed by atoms with E-state index in [-0.39, 0.29) is 0 Å². The third kappa shape index (κ3) is 5.61. The SMILES string of the molecule is COc1ccc(Nc2nc(NC3CCCCCC3)nc(NC3CN4CCC3CC4)n2)cc1Cl. The maximum absolute atomic E-state index is 6.32. The molecule has 4 heterocycles. The molecule has 0 amide bonds. The van der Waals surface area contributed by atoms with E-state index >= 15 is 0 Å². The molecule has 1 aromatic heterocycles. The van der Waals surface area contributed by atoms with Crippen LogP contribution < -0.4 is 20.7 Å². The number of nitrogens with zero attached hydrogens (tertiary/aromatic N) is 4. The standard InChI is InChI=1S/C24H34ClN7O/c1-33-21-9-8-18(14-19(21)25)27-23-29-22(26-17-6-4-2-3-5-7-17)30-24(31-23)28-20-15-32-12-10-16(20)11-13-32/h8-9,14,16-17,20H,2-7,10-13,15H2,1H3,(H3,26,27,28,29,30,31). The van der Waals surface area contributed by atoms with Crippen molar-refractivity contribution in [3.63, 3.8) is 0 Å². The quantitative estimate of drug-likeness (QED) is 0.490. The lowest BCUT2D eigenvalue weighted by molar-refractivity contribution is 0.0972. The van der Waals surface area contributed by atoms with Gasteiger partial charge in [-0.25, -0.2) is 0 Å². The number of hydrogen-bond donors (Lipinski definition) is 3. The van der Waals surface area contributed by atoms with Crippen molar-refractivity contribution < 1.29 is 4.74 Å². The average molecular weight is 472 g/mol. The molecular weight excluding hydrogens is 438 g/mol. The molecule has 2 bridgehead atoms. The lowest BCUT2D eigenvalue weighted by Gasteiger charge is -2.44. The van der Waals surface area contributed by atoms with E-state index in [9.17, 15) is 0 Å². The van der Waals surface area contributed by atoms with E-state index in [0.717, 1.165) is 25.1 Å². The number of rotatable bonds is 7. The summed E-state index contributed by atoms with van der Waals surface area (Å²) in [5.74, 6) is 3.08. The van der Waals surface area contributed by atoms with Crippen LogP contribution in [0.25, 0.3) is 0 Å². The number of nitrogens with one attached hydrogen (secondary N) is 3. The molecule has 1 saturated carbocycles. The van der Waals surface area contributed by atoms with Crippen molar-refractivity contribution in [2.45, 2.75) is 63.5 Å². The number of ether oxygens (including phenoxy) is 1. The molecule has 3 N–H and O–H groups in total. The van der Waals surface area contributed by atoms with Gasteiger partial charge in [0.2, 0.25) is 17.8 Å². The second kappa shape index (κ2) is 10.3. The van der Waals surface area contributed by atoms with Gasteiger partial charge in [-0.1, -0.05) is 37.3 Å². The van der Waals surface area contributed by atoms with Crippen LogP contribution in [0, 0.1) is 5.92 Å². The van der Waals surface area contributed by atoms with E-state index in [0.29, 0.717) is 46.6 Å². The largest absolute Gasteiger partial charge is 0.495 e. The Bertz CT molecular complexity index is 942. The normalized spacial score (nSPS) is 25.3. The molecule has 178 valence electrons. The molecule has 4 aliphatic rings. The van der Waals surface area contributed by atoms with Gasteiger partial charge in [-0.15, -0.1) is 0 Å². The molecule has 1 atom stereocenters. The maximum Gasteiger partial charge on any atom is 0.233 e. The molecule has 1 aliphatic carbocycles. The van der Waals surface area contributed by atoms with Crippen LogP contribution in [0.5, 0.6) is 5.75 Å². The fourth-order valence-corrected chi connectivity index (χ4v) is 5.59. The first-order chi connectivity index (χ1) is 16.2. The minimum atomic E-state index is 0.379. The molecule has 6 rings (SSSR count). The molecule has 0 radical (unpaired) electrons. The van der Waals surface area contributed by atoms with E-state index in [1.807, 2.05) is 18.2 Å². The van der Waals surface area contributed by atoms with Crippen LogP contribution in [0.1, 0.15) is 51.4 Å². The van der Waals surface area contributed by atoms with Gasteiger partial charge in [-0.2, -0.15) is 15.0 Å². The Morgan fingerprint density at radius 3 is 2.24 bits per heavy atom.